The van der Waals surface area contributed by atoms with E-state index in [1.807, 2.05) is 12.1 Å². The van der Waals surface area contributed by atoms with E-state index >= 15 is 0 Å². The first-order valence-corrected chi connectivity index (χ1v) is 9.00. The number of nitrogens with two attached hydrogens (primary N) is 1. The van der Waals surface area contributed by atoms with Crippen molar-refractivity contribution in [2.45, 2.75) is 63.1 Å². The maximum atomic E-state index is 10.8. The minimum Gasteiger partial charge on any atom is -0.370 e. The van der Waals surface area contributed by atoms with Crippen LogP contribution in [0, 0.1) is 10.1 Å². The van der Waals surface area contributed by atoms with Crippen LogP contribution < -0.4 is 16.0 Å². The van der Waals surface area contributed by atoms with Crippen LogP contribution in [-0.2, 0) is 0 Å². The van der Waals surface area contributed by atoms with E-state index in [4.69, 9.17) is 5.73 Å². The molecule has 3 atom stereocenters. The van der Waals surface area contributed by atoms with Gasteiger partial charge in [-0.15, -0.1) is 0 Å². The summed E-state index contributed by atoms with van der Waals surface area (Å²) in [6.45, 7) is 4.19. The molecule has 0 aromatic heterocycles. The Morgan fingerprint density at radius 3 is 2.62 bits per heavy atom. The zero-order valence-electron chi connectivity index (χ0n) is 14.4. The molecule has 24 heavy (non-hydrogen) atoms. The van der Waals surface area contributed by atoms with E-state index in [-0.39, 0.29) is 22.2 Å². The molecule has 0 radical (unpaired) electrons. The minimum absolute atomic E-state index is 0.0413. The van der Waals surface area contributed by atoms with Crippen LogP contribution in [0.15, 0.2) is 24.3 Å². The Hall–Kier alpha value is -1.66. The van der Waals surface area contributed by atoms with Gasteiger partial charge in [0.15, 0.2) is 0 Å². The Kier molecular flexibility index (Phi) is 5.06. The normalized spacial score (nSPS) is 31.0. The molecule has 1 aliphatic carbocycles. The molecule has 0 bridgehead atoms. The highest BCUT2D eigenvalue weighted by Gasteiger charge is 2.35. The van der Waals surface area contributed by atoms with Crippen molar-refractivity contribution in [3.8, 4) is 0 Å². The largest absolute Gasteiger partial charge is 0.370 e. The fraction of sp³-hybridized carbons (Fsp3) is 0.667. The number of piperidine rings is 1. The van der Waals surface area contributed by atoms with Crippen LogP contribution in [0.25, 0.3) is 0 Å². The standard InChI is InChI=1S/C18H28N4O2/c1-18(20-17-6-3-2-5-16(17)19)11-4-12-21(13-18)14-7-9-15(10-8-14)22(23)24/h7-10,16-17,20H,2-6,11-13,19H2,1H3/t16?,17?,18-/m0/s1. The average molecular weight is 332 g/mol. The Labute approximate surface area is 143 Å². The molecule has 1 saturated heterocycles. The SMILES string of the molecule is C[C@]1(NC2CCCCC2N)CCCN(c2ccc([N+](=O)[O-])cc2)C1. The highest BCUT2D eigenvalue weighted by molar-refractivity contribution is 5.51. The number of benzene rings is 1. The van der Waals surface area contributed by atoms with E-state index in [2.05, 4.69) is 17.1 Å². The summed E-state index contributed by atoms with van der Waals surface area (Å²) in [5, 5.41) is 14.7. The van der Waals surface area contributed by atoms with E-state index < -0.39 is 0 Å². The van der Waals surface area contributed by atoms with Gasteiger partial charge in [-0.05, 0) is 44.7 Å². The molecule has 2 aliphatic rings. The van der Waals surface area contributed by atoms with Gasteiger partial charge >= 0.3 is 0 Å². The van der Waals surface area contributed by atoms with E-state index in [1.165, 1.54) is 12.8 Å². The number of nitrogens with zero attached hydrogens (tertiary/aromatic N) is 2. The summed E-state index contributed by atoms with van der Waals surface area (Å²) in [5.74, 6) is 0. The summed E-state index contributed by atoms with van der Waals surface area (Å²) < 4.78 is 0. The average Bonchev–Trinajstić information content (AvgIpc) is 2.57. The van der Waals surface area contributed by atoms with Gasteiger partial charge in [0.05, 0.1) is 4.92 Å². The Bertz CT molecular complexity index is 577. The molecular weight excluding hydrogens is 304 g/mol. The molecule has 0 amide bonds. The number of nitrogens with one attached hydrogen (secondary N) is 1. The highest BCUT2D eigenvalue weighted by Crippen LogP contribution is 2.29. The van der Waals surface area contributed by atoms with E-state index in [9.17, 15) is 10.1 Å². The number of hydrogen-bond acceptors (Lipinski definition) is 5. The maximum Gasteiger partial charge on any atom is 0.269 e. The third-order valence-corrected chi connectivity index (χ3v) is 5.48. The number of nitro groups is 1. The lowest BCUT2D eigenvalue weighted by molar-refractivity contribution is -0.384. The van der Waals surface area contributed by atoms with Crippen LogP contribution >= 0.6 is 0 Å². The summed E-state index contributed by atoms with van der Waals surface area (Å²) in [7, 11) is 0. The van der Waals surface area contributed by atoms with Crippen molar-refractivity contribution in [3.63, 3.8) is 0 Å². The Morgan fingerprint density at radius 1 is 1.25 bits per heavy atom. The monoisotopic (exact) mass is 332 g/mol. The van der Waals surface area contributed by atoms with Gasteiger partial charge in [0, 0.05) is 48.5 Å². The lowest BCUT2D eigenvalue weighted by Gasteiger charge is -2.46. The number of nitro benzene ring substituents is 1. The molecule has 1 heterocycles. The van der Waals surface area contributed by atoms with Gasteiger partial charge in [-0.25, -0.2) is 0 Å². The maximum absolute atomic E-state index is 10.8. The molecule has 132 valence electrons. The zero-order chi connectivity index (χ0) is 17.2. The van der Waals surface area contributed by atoms with Crippen LogP contribution in [0.3, 0.4) is 0 Å². The summed E-state index contributed by atoms with van der Waals surface area (Å²) in [6, 6.07) is 7.55. The summed E-state index contributed by atoms with van der Waals surface area (Å²) in [5.41, 5.74) is 7.55. The smallest absolute Gasteiger partial charge is 0.269 e. The number of rotatable bonds is 4. The molecule has 2 fully saturated rings. The first kappa shape index (κ1) is 17.2. The molecular formula is C18H28N4O2. The molecule has 2 unspecified atom stereocenters. The van der Waals surface area contributed by atoms with Crippen LogP contribution in [-0.4, -0.2) is 35.6 Å². The van der Waals surface area contributed by atoms with Gasteiger partial charge in [0.25, 0.3) is 5.69 Å². The fourth-order valence-corrected chi connectivity index (χ4v) is 4.15. The minimum atomic E-state index is -0.351. The molecule has 3 N–H and O–H groups in total. The number of anilines is 1. The van der Waals surface area contributed by atoms with Crippen molar-refractivity contribution in [2.24, 2.45) is 5.73 Å². The van der Waals surface area contributed by atoms with Crippen molar-refractivity contribution in [1.82, 2.24) is 5.32 Å². The summed E-state index contributed by atoms with van der Waals surface area (Å²) in [6.07, 6.45) is 7.02. The summed E-state index contributed by atoms with van der Waals surface area (Å²) in [4.78, 5) is 12.8. The Morgan fingerprint density at radius 2 is 1.96 bits per heavy atom. The molecule has 6 nitrogen and oxygen atoms in total. The lowest BCUT2D eigenvalue weighted by atomic mass is 9.85. The molecule has 1 aromatic rings. The van der Waals surface area contributed by atoms with Gasteiger partial charge in [0.1, 0.15) is 0 Å². The number of hydrogen-bond donors (Lipinski definition) is 2. The number of non-ortho nitro benzene ring substituents is 1. The van der Waals surface area contributed by atoms with Crippen molar-refractivity contribution < 1.29 is 4.92 Å². The van der Waals surface area contributed by atoms with Crippen molar-refractivity contribution in [1.29, 1.82) is 0 Å². The van der Waals surface area contributed by atoms with E-state index in [0.29, 0.717) is 6.04 Å². The van der Waals surface area contributed by atoms with Crippen molar-refractivity contribution in [3.05, 3.63) is 34.4 Å². The second-order valence-corrected chi connectivity index (χ2v) is 7.56. The quantitative estimate of drug-likeness (QED) is 0.654. The second kappa shape index (κ2) is 7.07. The predicted octanol–water partition coefficient (Wildman–Crippen LogP) is 2.81. The van der Waals surface area contributed by atoms with E-state index in [1.54, 1.807) is 12.1 Å². The van der Waals surface area contributed by atoms with Crippen LogP contribution in [0.1, 0.15) is 45.4 Å². The summed E-state index contributed by atoms with van der Waals surface area (Å²) >= 11 is 0. The molecule has 1 saturated carbocycles. The van der Waals surface area contributed by atoms with Crippen molar-refractivity contribution in [2.75, 3.05) is 18.0 Å². The Balaban J connectivity index is 1.67. The van der Waals surface area contributed by atoms with Gasteiger partial charge in [-0.3, -0.25) is 10.1 Å². The van der Waals surface area contributed by atoms with Gasteiger partial charge < -0.3 is 16.0 Å². The topological polar surface area (TPSA) is 84.4 Å². The predicted molar refractivity (Wildman–Crippen MR) is 96.3 cm³/mol. The first-order chi connectivity index (χ1) is 11.5. The van der Waals surface area contributed by atoms with Crippen LogP contribution in [0.2, 0.25) is 0 Å². The molecule has 6 heteroatoms. The molecule has 1 aromatic carbocycles. The molecule has 0 spiro atoms. The third-order valence-electron chi connectivity index (χ3n) is 5.48. The zero-order valence-corrected chi connectivity index (χ0v) is 14.4. The molecule has 1 aliphatic heterocycles. The van der Waals surface area contributed by atoms with Gasteiger partial charge in [0.2, 0.25) is 0 Å². The first-order valence-electron chi connectivity index (χ1n) is 9.00. The lowest BCUT2D eigenvalue weighted by Crippen LogP contribution is -2.62. The third kappa shape index (κ3) is 3.87. The van der Waals surface area contributed by atoms with Gasteiger partial charge in [-0.2, -0.15) is 0 Å². The van der Waals surface area contributed by atoms with Crippen molar-refractivity contribution >= 4 is 11.4 Å². The van der Waals surface area contributed by atoms with E-state index in [0.717, 1.165) is 44.5 Å². The van der Waals surface area contributed by atoms with Gasteiger partial charge in [-0.1, -0.05) is 12.8 Å². The van der Waals surface area contributed by atoms with Crippen LogP contribution in [0.4, 0.5) is 11.4 Å². The van der Waals surface area contributed by atoms with Crippen LogP contribution in [0.5, 0.6) is 0 Å². The fourth-order valence-electron chi connectivity index (χ4n) is 4.15. The second-order valence-electron chi connectivity index (χ2n) is 7.56. The molecule has 3 rings (SSSR count). The highest BCUT2D eigenvalue weighted by atomic mass is 16.6.